The van der Waals surface area contributed by atoms with Gasteiger partial charge in [-0.05, 0) is 40.2 Å². The average Bonchev–Trinajstić information content (AvgIpc) is 3.05. The molecular formula is C21H25N3O2S2. The number of benzene rings is 1. The summed E-state index contributed by atoms with van der Waals surface area (Å²) in [4.78, 5) is 31.1. The molecule has 0 unspecified atom stereocenters. The Labute approximate surface area is 173 Å². The molecule has 1 aromatic carbocycles. The fraction of sp³-hybridized carbons (Fsp3) is 0.381. The zero-order valence-corrected chi connectivity index (χ0v) is 18.4. The number of hydrogen-bond donors (Lipinski definition) is 1. The Morgan fingerprint density at radius 3 is 2.57 bits per heavy atom. The Morgan fingerprint density at radius 1 is 1.29 bits per heavy atom. The fourth-order valence-electron chi connectivity index (χ4n) is 2.89. The lowest BCUT2D eigenvalue weighted by atomic mass is 10.1. The molecule has 0 aliphatic rings. The number of thioether (sulfide) groups is 1. The van der Waals surface area contributed by atoms with Crippen LogP contribution in [-0.2, 0) is 11.3 Å². The molecular weight excluding hydrogens is 390 g/mol. The Balaban J connectivity index is 2.01. The maximum atomic E-state index is 13.2. The molecule has 0 radical (unpaired) electrons. The van der Waals surface area contributed by atoms with E-state index < -0.39 is 0 Å². The number of rotatable bonds is 5. The van der Waals surface area contributed by atoms with Crippen molar-refractivity contribution in [3.63, 3.8) is 0 Å². The number of aromatic nitrogens is 2. The van der Waals surface area contributed by atoms with E-state index in [9.17, 15) is 9.59 Å². The molecule has 2 aromatic heterocycles. The van der Waals surface area contributed by atoms with Crippen molar-refractivity contribution in [2.75, 3.05) is 0 Å². The molecule has 0 bridgehead atoms. The van der Waals surface area contributed by atoms with Gasteiger partial charge in [0.05, 0.1) is 10.6 Å². The number of nitrogens with one attached hydrogen (secondary N) is 1. The van der Waals surface area contributed by atoms with E-state index in [4.69, 9.17) is 4.98 Å². The number of amides is 1. The van der Waals surface area contributed by atoms with Crippen molar-refractivity contribution < 1.29 is 4.79 Å². The van der Waals surface area contributed by atoms with E-state index in [1.165, 1.54) is 23.1 Å². The monoisotopic (exact) mass is 415 g/mol. The van der Waals surface area contributed by atoms with Gasteiger partial charge in [-0.2, -0.15) is 0 Å². The summed E-state index contributed by atoms with van der Waals surface area (Å²) < 4.78 is 1.66. The normalized spacial score (nSPS) is 12.9. The molecule has 28 heavy (non-hydrogen) atoms. The predicted octanol–water partition coefficient (Wildman–Crippen LogP) is 4.54. The number of fused-ring (bicyclic) bond motifs is 1. The lowest BCUT2D eigenvalue weighted by Crippen LogP contribution is -2.44. The minimum atomic E-state index is -0.352. The van der Waals surface area contributed by atoms with Crippen LogP contribution in [0.4, 0.5) is 0 Å². The second-order valence-corrected chi connectivity index (χ2v) is 9.80. The van der Waals surface area contributed by atoms with E-state index in [1.807, 2.05) is 70.3 Å². The Morgan fingerprint density at radius 2 is 1.96 bits per heavy atom. The van der Waals surface area contributed by atoms with Crippen molar-refractivity contribution in [2.45, 2.75) is 57.1 Å². The first kappa shape index (κ1) is 20.6. The van der Waals surface area contributed by atoms with Crippen LogP contribution < -0.4 is 10.9 Å². The summed E-state index contributed by atoms with van der Waals surface area (Å²) in [6.45, 7) is 10.1. The highest BCUT2D eigenvalue weighted by atomic mass is 32.2. The van der Waals surface area contributed by atoms with Gasteiger partial charge in [0.2, 0.25) is 5.91 Å². The number of carbonyl (C=O) groups is 1. The molecule has 1 amide bonds. The van der Waals surface area contributed by atoms with E-state index in [0.717, 1.165) is 11.1 Å². The maximum absolute atomic E-state index is 13.2. The summed E-state index contributed by atoms with van der Waals surface area (Å²) >= 11 is 2.79. The van der Waals surface area contributed by atoms with Crippen LogP contribution in [-0.4, -0.2) is 26.2 Å². The average molecular weight is 416 g/mol. The van der Waals surface area contributed by atoms with Crippen LogP contribution >= 0.6 is 23.1 Å². The zero-order valence-electron chi connectivity index (χ0n) is 16.8. The summed E-state index contributed by atoms with van der Waals surface area (Å²) in [5.74, 6) is -0.0642. The van der Waals surface area contributed by atoms with Crippen LogP contribution in [0.15, 0.2) is 45.7 Å². The van der Waals surface area contributed by atoms with E-state index >= 15 is 0 Å². The minimum Gasteiger partial charge on any atom is -0.351 e. The second-order valence-electron chi connectivity index (χ2n) is 7.64. The lowest BCUT2D eigenvalue weighted by Gasteiger charge is -2.23. The molecule has 0 aliphatic heterocycles. The van der Waals surface area contributed by atoms with Gasteiger partial charge >= 0.3 is 0 Å². The molecule has 7 heteroatoms. The molecule has 0 saturated carbocycles. The molecule has 3 rings (SSSR count). The van der Waals surface area contributed by atoms with Crippen molar-refractivity contribution in [1.82, 2.24) is 14.9 Å². The van der Waals surface area contributed by atoms with Crippen LogP contribution in [0.3, 0.4) is 0 Å². The van der Waals surface area contributed by atoms with E-state index in [2.05, 4.69) is 5.32 Å². The number of nitrogens with zero attached hydrogens (tertiary/aromatic N) is 2. The van der Waals surface area contributed by atoms with Gasteiger partial charge in [0.1, 0.15) is 4.83 Å². The van der Waals surface area contributed by atoms with E-state index in [-0.39, 0.29) is 22.3 Å². The molecule has 5 nitrogen and oxygen atoms in total. The summed E-state index contributed by atoms with van der Waals surface area (Å²) in [5, 5.41) is 5.84. The SMILES string of the molecule is CCn1c(S[C@H](C)C(=O)NC(C)(C)C)nc2scc(-c3ccccc3)c2c1=O. The highest BCUT2D eigenvalue weighted by molar-refractivity contribution is 8.00. The Hall–Kier alpha value is -2.12. The molecule has 2 heterocycles. The van der Waals surface area contributed by atoms with Crippen molar-refractivity contribution in [3.8, 4) is 11.1 Å². The highest BCUT2D eigenvalue weighted by Gasteiger charge is 2.23. The fourth-order valence-corrected chi connectivity index (χ4v) is 4.85. The third kappa shape index (κ3) is 4.31. The number of thiophene rings is 1. The zero-order chi connectivity index (χ0) is 20.5. The summed E-state index contributed by atoms with van der Waals surface area (Å²) in [6.07, 6.45) is 0. The first-order chi connectivity index (χ1) is 13.2. The summed E-state index contributed by atoms with van der Waals surface area (Å²) in [6, 6.07) is 9.88. The number of carbonyl (C=O) groups excluding carboxylic acids is 1. The molecule has 0 fully saturated rings. The smallest absolute Gasteiger partial charge is 0.263 e. The van der Waals surface area contributed by atoms with Gasteiger partial charge in [-0.1, -0.05) is 42.1 Å². The largest absolute Gasteiger partial charge is 0.351 e. The van der Waals surface area contributed by atoms with Crippen molar-refractivity contribution in [1.29, 1.82) is 0 Å². The van der Waals surface area contributed by atoms with E-state index in [1.54, 1.807) is 4.57 Å². The molecule has 3 aromatic rings. The van der Waals surface area contributed by atoms with Gasteiger partial charge in [0.25, 0.3) is 5.56 Å². The third-order valence-electron chi connectivity index (χ3n) is 4.21. The van der Waals surface area contributed by atoms with Crippen LogP contribution in [0.5, 0.6) is 0 Å². The molecule has 148 valence electrons. The van der Waals surface area contributed by atoms with Crippen LogP contribution in [0.2, 0.25) is 0 Å². The Kier molecular flexibility index (Phi) is 5.95. The molecule has 1 N–H and O–H groups in total. The lowest BCUT2D eigenvalue weighted by molar-refractivity contribution is -0.121. The molecule has 0 saturated heterocycles. The topological polar surface area (TPSA) is 64.0 Å². The first-order valence-electron chi connectivity index (χ1n) is 9.27. The van der Waals surface area contributed by atoms with Crippen molar-refractivity contribution in [3.05, 3.63) is 46.1 Å². The molecule has 0 spiro atoms. The van der Waals surface area contributed by atoms with Crippen LogP contribution in [0, 0.1) is 0 Å². The van der Waals surface area contributed by atoms with Gasteiger partial charge in [-0.15, -0.1) is 11.3 Å². The standard InChI is InChI=1S/C21H25N3O2S2/c1-6-24-19(26)16-15(14-10-8-7-9-11-14)12-27-18(16)22-20(24)28-13(2)17(25)23-21(3,4)5/h7-13H,6H2,1-5H3,(H,23,25)/t13-/m1/s1. The summed E-state index contributed by atoms with van der Waals surface area (Å²) in [5.41, 5.74) is 1.56. The highest BCUT2D eigenvalue weighted by Crippen LogP contribution is 2.32. The quantitative estimate of drug-likeness (QED) is 0.491. The molecule has 0 aliphatic carbocycles. The third-order valence-corrected chi connectivity index (χ3v) is 6.17. The summed E-state index contributed by atoms with van der Waals surface area (Å²) in [7, 11) is 0. The first-order valence-corrected chi connectivity index (χ1v) is 11.0. The molecule has 1 atom stereocenters. The van der Waals surface area contributed by atoms with Crippen molar-refractivity contribution in [2.24, 2.45) is 0 Å². The van der Waals surface area contributed by atoms with Gasteiger partial charge in [0.15, 0.2) is 5.16 Å². The maximum Gasteiger partial charge on any atom is 0.263 e. The van der Waals surface area contributed by atoms with Crippen LogP contribution in [0.1, 0.15) is 34.6 Å². The van der Waals surface area contributed by atoms with E-state index in [0.29, 0.717) is 21.9 Å². The van der Waals surface area contributed by atoms with Crippen LogP contribution in [0.25, 0.3) is 21.3 Å². The Bertz CT molecular complexity index is 1050. The second kappa shape index (κ2) is 8.09. The van der Waals surface area contributed by atoms with Gasteiger partial charge < -0.3 is 5.32 Å². The predicted molar refractivity (Wildman–Crippen MR) is 118 cm³/mol. The van der Waals surface area contributed by atoms with Gasteiger partial charge in [-0.3, -0.25) is 14.2 Å². The van der Waals surface area contributed by atoms with Gasteiger partial charge in [-0.25, -0.2) is 4.98 Å². The minimum absolute atomic E-state index is 0.0569. The van der Waals surface area contributed by atoms with Crippen molar-refractivity contribution >= 4 is 39.2 Å². The number of hydrogen-bond acceptors (Lipinski definition) is 5. The van der Waals surface area contributed by atoms with Gasteiger partial charge in [0, 0.05) is 23.0 Å².